The van der Waals surface area contributed by atoms with Crippen LogP contribution in [0.5, 0.6) is 0 Å². The first-order valence-corrected chi connectivity index (χ1v) is 15.9. The number of hydrogen-bond acceptors (Lipinski definition) is 0. The quantitative estimate of drug-likeness (QED) is 0.226. The third kappa shape index (κ3) is 6.60. The summed E-state index contributed by atoms with van der Waals surface area (Å²) in [4.78, 5) is 0. The number of hydrogen-bond donors (Lipinski definition) is 0. The minimum Gasteiger partial charge on any atom is -0.232 e. The minimum absolute atomic E-state index is 0.635. The van der Waals surface area contributed by atoms with E-state index in [-0.39, 0.29) is 0 Å². The van der Waals surface area contributed by atoms with Gasteiger partial charge >= 0.3 is 0 Å². The minimum atomic E-state index is 0.635. The van der Waals surface area contributed by atoms with Crippen molar-refractivity contribution in [2.75, 3.05) is 0 Å². The first-order valence-electron chi connectivity index (χ1n) is 15.9. The smallest absolute Gasteiger partial charge is 0.232 e. The Morgan fingerprint density at radius 1 is 0.625 bits per heavy atom. The summed E-state index contributed by atoms with van der Waals surface area (Å²) in [5.74, 6) is 3.38. The highest BCUT2D eigenvalue weighted by Crippen LogP contribution is 2.45. The Bertz CT molecular complexity index is 1300. The molecule has 2 heteroatoms. The van der Waals surface area contributed by atoms with E-state index in [1.807, 2.05) is 0 Å². The van der Waals surface area contributed by atoms with Crippen molar-refractivity contribution < 1.29 is 4.57 Å². The van der Waals surface area contributed by atoms with Crippen molar-refractivity contribution in [3.05, 3.63) is 96.3 Å². The number of aromatic nitrogens is 2. The van der Waals surface area contributed by atoms with Gasteiger partial charge in [0, 0.05) is 11.1 Å². The van der Waals surface area contributed by atoms with Gasteiger partial charge in [-0.25, -0.2) is 4.57 Å². The van der Waals surface area contributed by atoms with Crippen LogP contribution in [0.3, 0.4) is 0 Å². The molecule has 0 N–H and O–H groups in total. The van der Waals surface area contributed by atoms with E-state index in [2.05, 4.69) is 122 Å². The lowest BCUT2D eigenvalue weighted by atomic mass is 9.77. The molecule has 0 amide bonds. The number of benzene rings is 3. The third-order valence-corrected chi connectivity index (χ3v) is 8.64. The zero-order valence-corrected chi connectivity index (χ0v) is 25.3. The van der Waals surface area contributed by atoms with E-state index < -0.39 is 0 Å². The zero-order valence-electron chi connectivity index (χ0n) is 25.3. The molecule has 0 atom stereocenters. The van der Waals surface area contributed by atoms with Crippen molar-refractivity contribution in [2.45, 2.75) is 96.8 Å². The second kappa shape index (κ2) is 13.5. The highest BCUT2D eigenvalue weighted by atomic mass is 15.1. The zero-order chi connectivity index (χ0) is 27.9. The summed E-state index contributed by atoms with van der Waals surface area (Å²) in [6, 6.07) is 27.1. The number of nitrogens with zero attached hydrogens (tertiary/aromatic N) is 2. The van der Waals surface area contributed by atoms with E-state index >= 15 is 0 Å². The molecular weight excluding hydrogens is 484 g/mol. The summed E-state index contributed by atoms with van der Waals surface area (Å²) in [5, 5.41) is 0. The largest absolute Gasteiger partial charge is 0.293 e. The molecule has 40 heavy (non-hydrogen) atoms. The fourth-order valence-electron chi connectivity index (χ4n) is 6.79. The first kappa shape index (κ1) is 28.4. The fourth-order valence-corrected chi connectivity index (χ4v) is 6.79. The Balaban J connectivity index is 0.000000758. The van der Waals surface area contributed by atoms with Crippen LogP contribution >= 0.6 is 0 Å². The molecule has 3 aromatic carbocycles. The average Bonchev–Trinajstić information content (AvgIpc) is 3.38. The van der Waals surface area contributed by atoms with Crippen LogP contribution in [0.25, 0.3) is 28.2 Å². The van der Waals surface area contributed by atoms with Crippen LogP contribution in [0, 0.1) is 5.92 Å². The van der Waals surface area contributed by atoms with E-state index in [1.165, 1.54) is 92.4 Å². The van der Waals surface area contributed by atoms with Crippen molar-refractivity contribution >= 4 is 0 Å². The van der Waals surface area contributed by atoms with Crippen molar-refractivity contribution in [3.63, 3.8) is 0 Å². The van der Waals surface area contributed by atoms with E-state index in [9.17, 15) is 0 Å². The van der Waals surface area contributed by atoms with Crippen LogP contribution in [0.15, 0.2) is 85.2 Å². The summed E-state index contributed by atoms with van der Waals surface area (Å²) < 4.78 is 4.84. The van der Waals surface area contributed by atoms with Crippen LogP contribution in [0.1, 0.15) is 108 Å². The van der Waals surface area contributed by atoms with Crippen molar-refractivity contribution in [2.24, 2.45) is 13.0 Å². The molecule has 0 bridgehead atoms. The Kier molecular flexibility index (Phi) is 9.57. The molecule has 210 valence electrons. The monoisotopic (exact) mass is 533 g/mol. The van der Waals surface area contributed by atoms with Crippen LogP contribution < -0.4 is 4.57 Å². The lowest BCUT2D eigenvalue weighted by molar-refractivity contribution is -0.659. The SMILES string of the molecule is CC(C)C.C[n+]1ccn(-c2c(C3CCCCC3)cc(-c3ccccc3)cc2C2CCCCC2)c1-c1ccccc1. The maximum Gasteiger partial charge on any atom is 0.293 e. The molecule has 4 aromatic rings. The highest BCUT2D eigenvalue weighted by Gasteiger charge is 2.31. The van der Waals surface area contributed by atoms with Crippen LogP contribution in [0.2, 0.25) is 0 Å². The molecule has 0 saturated heterocycles. The van der Waals surface area contributed by atoms with Gasteiger partial charge < -0.3 is 0 Å². The van der Waals surface area contributed by atoms with Crippen molar-refractivity contribution in [1.82, 2.24) is 4.57 Å². The Morgan fingerprint density at radius 2 is 1.07 bits per heavy atom. The number of imidazole rings is 1. The van der Waals surface area contributed by atoms with Crippen molar-refractivity contribution in [1.29, 1.82) is 0 Å². The summed E-state index contributed by atoms with van der Waals surface area (Å²) in [6.07, 6.45) is 18.0. The predicted octanol–water partition coefficient (Wildman–Crippen LogP) is 10.4. The first-order chi connectivity index (χ1) is 19.5. The fraction of sp³-hybridized carbons (Fsp3) is 0.447. The molecular formula is C38H49N2+. The summed E-state index contributed by atoms with van der Waals surface area (Å²) in [6.45, 7) is 6.50. The molecule has 2 aliphatic carbocycles. The standard InChI is InChI=1S/C34H39N2.C4H10/c1-35-22-23-36(34(35)29-20-12-5-13-21-29)33-31(27-16-8-3-9-17-27)24-30(26-14-6-2-7-15-26)25-32(33)28-18-10-4-11-19-28;1-4(2)3/h2,5-7,12-15,20-25,27-28H,3-4,8-11,16-19H2,1H3;4H,1-3H3/q+1;. The predicted molar refractivity (Wildman–Crippen MR) is 170 cm³/mol. The van der Waals surface area contributed by atoms with Crippen LogP contribution in [-0.4, -0.2) is 4.57 Å². The van der Waals surface area contributed by atoms with Crippen LogP contribution in [-0.2, 0) is 7.05 Å². The van der Waals surface area contributed by atoms with E-state index in [0.717, 1.165) is 5.92 Å². The molecule has 0 aliphatic heterocycles. The van der Waals surface area contributed by atoms with Gasteiger partial charge in [-0.2, -0.15) is 4.57 Å². The molecule has 2 aliphatic rings. The van der Waals surface area contributed by atoms with Gasteiger partial charge in [0.25, 0.3) is 5.82 Å². The van der Waals surface area contributed by atoms with E-state index in [0.29, 0.717) is 11.8 Å². The molecule has 2 fully saturated rings. The summed E-state index contributed by atoms with van der Waals surface area (Å²) in [7, 11) is 2.19. The topological polar surface area (TPSA) is 8.81 Å². The van der Waals surface area contributed by atoms with Gasteiger partial charge in [-0.05, 0) is 78.8 Å². The molecule has 6 rings (SSSR count). The second-order valence-electron chi connectivity index (χ2n) is 12.7. The van der Waals surface area contributed by atoms with E-state index in [1.54, 1.807) is 11.1 Å². The third-order valence-electron chi connectivity index (χ3n) is 8.64. The molecule has 1 aromatic heterocycles. The van der Waals surface area contributed by atoms with Gasteiger partial charge in [-0.1, -0.05) is 108 Å². The normalized spacial score (nSPS) is 16.5. The van der Waals surface area contributed by atoms with Gasteiger partial charge in [-0.3, -0.25) is 0 Å². The molecule has 2 saturated carbocycles. The molecule has 2 nitrogen and oxygen atoms in total. The summed E-state index contributed by atoms with van der Waals surface area (Å²) in [5.41, 5.74) is 8.65. The van der Waals surface area contributed by atoms with Crippen LogP contribution in [0.4, 0.5) is 0 Å². The van der Waals surface area contributed by atoms with Gasteiger partial charge in [0.1, 0.15) is 18.1 Å². The molecule has 0 unspecified atom stereocenters. The Hall–Kier alpha value is -3.13. The molecule has 1 heterocycles. The Morgan fingerprint density at radius 3 is 1.55 bits per heavy atom. The number of aryl methyl sites for hydroxylation is 1. The molecule has 0 radical (unpaired) electrons. The average molecular weight is 534 g/mol. The summed E-state index contributed by atoms with van der Waals surface area (Å²) >= 11 is 0. The van der Waals surface area contributed by atoms with Gasteiger partial charge in [-0.15, -0.1) is 0 Å². The maximum atomic E-state index is 2.56. The second-order valence-corrected chi connectivity index (χ2v) is 12.7. The van der Waals surface area contributed by atoms with Gasteiger partial charge in [0.2, 0.25) is 0 Å². The van der Waals surface area contributed by atoms with Crippen molar-refractivity contribution in [3.8, 4) is 28.2 Å². The molecule has 0 spiro atoms. The highest BCUT2D eigenvalue weighted by molar-refractivity contribution is 5.71. The van der Waals surface area contributed by atoms with Gasteiger partial charge in [0.15, 0.2) is 0 Å². The lowest BCUT2D eigenvalue weighted by Gasteiger charge is -2.29. The number of rotatable bonds is 5. The van der Waals surface area contributed by atoms with Gasteiger partial charge in [0.05, 0.1) is 12.6 Å². The Labute approximate surface area is 243 Å². The van der Waals surface area contributed by atoms with E-state index in [4.69, 9.17) is 0 Å². The maximum absolute atomic E-state index is 2.56. The lowest BCUT2D eigenvalue weighted by Crippen LogP contribution is -2.29.